The summed E-state index contributed by atoms with van der Waals surface area (Å²) in [5, 5.41) is 4.01. The standard InChI is InChI=1S/C14H19N3O4S2/c1-4-17(11-12-9-15-16(2)10-12)23(20,21)14-8-6-5-7-13(14)22(3,18)19/h5-10H,4,11H2,1-3H3. The highest BCUT2D eigenvalue weighted by molar-refractivity contribution is 7.93. The monoisotopic (exact) mass is 357 g/mol. The van der Waals surface area contributed by atoms with Crippen molar-refractivity contribution in [2.75, 3.05) is 12.8 Å². The Kier molecular flexibility index (Phi) is 4.92. The largest absolute Gasteiger partial charge is 0.275 e. The number of aryl methyl sites for hydroxylation is 1. The first-order valence-electron chi connectivity index (χ1n) is 6.93. The molecule has 0 unspecified atom stereocenters. The van der Waals surface area contributed by atoms with E-state index in [0.717, 1.165) is 11.8 Å². The number of sulfone groups is 1. The fourth-order valence-electron chi connectivity index (χ4n) is 2.23. The predicted octanol–water partition coefficient (Wildman–Crippen LogP) is 1.03. The van der Waals surface area contributed by atoms with Crippen molar-refractivity contribution in [1.29, 1.82) is 0 Å². The lowest BCUT2D eigenvalue weighted by molar-refractivity contribution is 0.421. The van der Waals surface area contributed by atoms with Gasteiger partial charge in [0.2, 0.25) is 10.0 Å². The van der Waals surface area contributed by atoms with Gasteiger partial charge in [-0.3, -0.25) is 4.68 Å². The van der Waals surface area contributed by atoms with Gasteiger partial charge in [-0.2, -0.15) is 9.40 Å². The smallest absolute Gasteiger partial charge is 0.244 e. The SMILES string of the molecule is CCN(Cc1cnn(C)c1)S(=O)(=O)c1ccccc1S(C)(=O)=O. The molecule has 0 atom stereocenters. The van der Waals surface area contributed by atoms with E-state index in [1.165, 1.54) is 28.6 Å². The van der Waals surface area contributed by atoms with Crippen LogP contribution in [0, 0.1) is 0 Å². The third kappa shape index (κ3) is 3.80. The topological polar surface area (TPSA) is 89.3 Å². The van der Waals surface area contributed by atoms with E-state index >= 15 is 0 Å². The van der Waals surface area contributed by atoms with Crippen molar-refractivity contribution >= 4 is 19.9 Å². The van der Waals surface area contributed by atoms with Crippen LogP contribution in [-0.4, -0.2) is 43.7 Å². The van der Waals surface area contributed by atoms with Crippen LogP contribution >= 0.6 is 0 Å². The van der Waals surface area contributed by atoms with Crippen LogP contribution in [0.5, 0.6) is 0 Å². The molecule has 0 spiro atoms. The van der Waals surface area contributed by atoms with Gasteiger partial charge in [0.05, 0.1) is 11.1 Å². The molecule has 0 fully saturated rings. The summed E-state index contributed by atoms with van der Waals surface area (Å²) >= 11 is 0. The highest BCUT2D eigenvalue weighted by Crippen LogP contribution is 2.25. The van der Waals surface area contributed by atoms with Gasteiger partial charge in [-0.25, -0.2) is 16.8 Å². The first kappa shape index (κ1) is 17.6. The van der Waals surface area contributed by atoms with E-state index in [4.69, 9.17) is 0 Å². The zero-order valence-electron chi connectivity index (χ0n) is 13.2. The fraction of sp³-hybridized carbons (Fsp3) is 0.357. The Balaban J connectivity index is 2.48. The third-order valence-corrected chi connectivity index (χ3v) is 6.60. The molecular formula is C14H19N3O4S2. The van der Waals surface area contributed by atoms with Crippen LogP contribution in [0.25, 0.3) is 0 Å². The molecule has 0 bridgehead atoms. The summed E-state index contributed by atoms with van der Waals surface area (Å²) in [4.78, 5) is -0.391. The molecule has 1 heterocycles. The summed E-state index contributed by atoms with van der Waals surface area (Å²) in [7, 11) is -5.84. The van der Waals surface area contributed by atoms with E-state index in [-0.39, 0.29) is 22.9 Å². The first-order chi connectivity index (χ1) is 10.7. The highest BCUT2D eigenvalue weighted by atomic mass is 32.2. The quantitative estimate of drug-likeness (QED) is 0.770. The van der Waals surface area contributed by atoms with Crippen molar-refractivity contribution in [3.8, 4) is 0 Å². The maximum absolute atomic E-state index is 12.9. The zero-order valence-corrected chi connectivity index (χ0v) is 14.8. The summed E-state index contributed by atoms with van der Waals surface area (Å²) in [5.41, 5.74) is 0.731. The Labute approximate surface area is 136 Å². The van der Waals surface area contributed by atoms with E-state index in [2.05, 4.69) is 5.10 Å². The Bertz CT molecular complexity index is 902. The van der Waals surface area contributed by atoms with Crippen molar-refractivity contribution in [2.24, 2.45) is 7.05 Å². The molecule has 0 aliphatic rings. The first-order valence-corrected chi connectivity index (χ1v) is 10.3. The number of rotatable bonds is 6. The highest BCUT2D eigenvalue weighted by Gasteiger charge is 2.29. The van der Waals surface area contributed by atoms with Crippen molar-refractivity contribution in [3.05, 3.63) is 42.2 Å². The lowest BCUT2D eigenvalue weighted by Gasteiger charge is -2.21. The van der Waals surface area contributed by atoms with Gasteiger partial charge in [0, 0.05) is 38.2 Å². The van der Waals surface area contributed by atoms with Crippen molar-refractivity contribution in [3.63, 3.8) is 0 Å². The third-order valence-electron chi connectivity index (χ3n) is 3.34. The van der Waals surface area contributed by atoms with Crippen LogP contribution in [0.15, 0.2) is 46.5 Å². The molecule has 1 aromatic heterocycles. The van der Waals surface area contributed by atoms with E-state index in [0.29, 0.717) is 0 Å². The van der Waals surface area contributed by atoms with Gasteiger partial charge in [-0.1, -0.05) is 19.1 Å². The summed E-state index contributed by atoms with van der Waals surface area (Å²) in [5.74, 6) is 0. The van der Waals surface area contributed by atoms with Gasteiger partial charge >= 0.3 is 0 Å². The number of sulfonamides is 1. The van der Waals surface area contributed by atoms with Gasteiger partial charge in [0.1, 0.15) is 4.90 Å². The molecule has 7 nitrogen and oxygen atoms in total. The minimum absolute atomic E-state index is 0.130. The van der Waals surface area contributed by atoms with E-state index in [9.17, 15) is 16.8 Å². The minimum atomic E-state index is -3.94. The van der Waals surface area contributed by atoms with Crippen LogP contribution in [0.2, 0.25) is 0 Å². The molecule has 9 heteroatoms. The Hall–Kier alpha value is -1.71. The van der Waals surface area contributed by atoms with Crippen molar-refractivity contribution in [1.82, 2.24) is 14.1 Å². The van der Waals surface area contributed by atoms with Crippen LogP contribution in [0.4, 0.5) is 0 Å². The lowest BCUT2D eigenvalue weighted by Crippen LogP contribution is -2.31. The molecule has 0 radical (unpaired) electrons. The normalized spacial score (nSPS) is 12.7. The van der Waals surface area contributed by atoms with Gasteiger partial charge in [-0.05, 0) is 12.1 Å². The van der Waals surface area contributed by atoms with E-state index in [1.807, 2.05) is 0 Å². The second-order valence-corrected chi connectivity index (χ2v) is 9.06. The molecule has 0 saturated heterocycles. The molecule has 0 amide bonds. The number of hydrogen-bond acceptors (Lipinski definition) is 5. The lowest BCUT2D eigenvalue weighted by atomic mass is 10.3. The van der Waals surface area contributed by atoms with Gasteiger partial charge in [0.15, 0.2) is 9.84 Å². The Morgan fingerprint density at radius 1 is 1.13 bits per heavy atom. The maximum atomic E-state index is 12.9. The van der Waals surface area contributed by atoms with Crippen molar-refractivity contribution < 1.29 is 16.8 Å². The average molecular weight is 357 g/mol. The Morgan fingerprint density at radius 3 is 2.22 bits per heavy atom. The minimum Gasteiger partial charge on any atom is -0.275 e. The van der Waals surface area contributed by atoms with Crippen LogP contribution in [0.1, 0.15) is 12.5 Å². The molecule has 0 aliphatic carbocycles. The molecule has 1 aromatic carbocycles. The average Bonchev–Trinajstić information content (AvgIpc) is 2.89. The molecule has 126 valence electrons. The zero-order chi connectivity index (χ0) is 17.3. The summed E-state index contributed by atoms with van der Waals surface area (Å²) in [6, 6.07) is 5.64. The molecule has 2 rings (SSSR count). The van der Waals surface area contributed by atoms with Crippen LogP contribution in [-0.2, 0) is 33.5 Å². The van der Waals surface area contributed by atoms with Gasteiger partial charge < -0.3 is 0 Å². The maximum Gasteiger partial charge on any atom is 0.244 e. The molecule has 2 aromatic rings. The van der Waals surface area contributed by atoms with Gasteiger partial charge in [0.25, 0.3) is 0 Å². The van der Waals surface area contributed by atoms with Crippen molar-refractivity contribution in [2.45, 2.75) is 23.3 Å². The Morgan fingerprint density at radius 2 is 1.74 bits per heavy atom. The predicted molar refractivity (Wildman–Crippen MR) is 86.0 cm³/mol. The molecule has 0 N–H and O–H groups in total. The summed E-state index contributed by atoms with van der Waals surface area (Å²) in [6.07, 6.45) is 4.31. The number of hydrogen-bond donors (Lipinski definition) is 0. The second kappa shape index (κ2) is 6.42. The van der Waals surface area contributed by atoms with Gasteiger partial charge in [-0.15, -0.1) is 0 Å². The number of aromatic nitrogens is 2. The summed E-state index contributed by atoms with van der Waals surface area (Å²) < 4.78 is 52.3. The van der Waals surface area contributed by atoms with Crippen LogP contribution < -0.4 is 0 Å². The van der Waals surface area contributed by atoms with Crippen LogP contribution in [0.3, 0.4) is 0 Å². The van der Waals surface area contributed by atoms with E-state index in [1.54, 1.807) is 31.0 Å². The molecule has 0 aliphatic heterocycles. The number of benzene rings is 1. The molecular weight excluding hydrogens is 338 g/mol. The number of nitrogens with zero attached hydrogens (tertiary/aromatic N) is 3. The molecule has 23 heavy (non-hydrogen) atoms. The second-order valence-electron chi connectivity index (χ2n) is 5.17. The molecule has 0 saturated carbocycles. The van der Waals surface area contributed by atoms with E-state index < -0.39 is 19.9 Å². The summed E-state index contributed by atoms with van der Waals surface area (Å²) in [6.45, 7) is 2.05. The fourth-order valence-corrected chi connectivity index (χ4v) is 5.27.